The van der Waals surface area contributed by atoms with Gasteiger partial charge in [-0.05, 0) is 11.6 Å². The van der Waals surface area contributed by atoms with E-state index in [1.54, 1.807) is 10.7 Å². The molecule has 0 aliphatic carbocycles. The van der Waals surface area contributed by atoms with Crippen molar-refractivity contribution >= 4 is 0 Å². The van der Waals surface area contributed by atoms with Gasteiger partial charge in [0.1, 0.15) is 0 Å². The van der Waals surface area contributed by atoms with E-state index < -0.39 is 6.10 Å². The van der Waals surface area contributed by atoms with Crippen LogP contribution in [0.5, 0.6) is 0 Å². The lowest BCUT2D eigenvalue weighted by Gasteiger charge is -2.05. The molecule has 17 heavy (non-hydrogen) atoms. The first-order chi connectivity index (χ1) is 8.29. The van der Waals surface area contributed by atoms with Gasteiger partial charge in [0.2, 0.25) is 0 Å². The quantitative estimate of drug-likeness (QED) is 0.818. The maximum absolute atomic E-state index is 9.66. The molecule has 0 unspecified atom stereocenters. The third-order valence-corrected chi connectivity index (χ3v) is 2.59. The van der Waals surface area contributed by atoms with Crippen LogP contribution in [0.25, 0.3) is 0 Å². The highest BCUT2D eigenvalue weighted by molar-refractivity contribution is 5.15. The predicted molar refractivity (Wildman–Crippen MR) is 64.4 cm³/mol. The Hall–Kier alpha value is -1.65. The van der Waals surface area contributed by atoms with Gasteiger partial charge in [0, 0.05) is 19.2 Å². The summed E-state index contributed by atoms with van der Waals surface area (Å²) in [7, 11) is 0. The van der Waals surface area contributed by atoms with Crippen LogP contribution in [0.4, 0.5) is 0 Å². The Morgan fingerprint density at radius 1 is 1.18 bits per heavy atom. The molecule has 0 spiro atoms. The molecule has 4 nitrogen and oxygen atoms in total. The van der Waals surface area contributed by atoms with Crippen LogP contribution in [0.2, 0.25) is 0 Å². The molecule has 0 radical (unpaired) electrons. The first kappa shape index (κ1) is 11.8. The fourth-order valence-electron chi connectivity index (χ4n) is 1.68. The zero-order valence-electron chi connectivity index (χ0n) is 9.53. The Morgan fingerprint density at radius 2 is 1.94 bits per heavy atom. The normalized spacial score (nSPS) is 12.6. The van der Waals surface area contributed by atoms with E-state index in [1.807, 2.05) is 36.5 Å². The lowest BCUT2D eigenvalue weighted by atomic mass is 10.2. The number of benzene rings is 1. The summed E-state index contributed by atoms with van der Waals surface area (Å²) >= 11 is 0. The van der Waals surface area contributed by atoms with Crippen molar-refractivity contribution in [3.63, 3.8) is 0 Å². The fraction of sp³-hybridized carbons (Fsp3) is 0.308. The summed E-state index contributed by atoms with van der Waals surface area (Å²) in [4.78, 5) is 0. The van der Waals surface area contributed by atoms with Gasteiger partial charge >= 0.3 is 0 Å². The Balaban J connectivity index is 2.04. The van der Waals surface area contributed by atoms with Gasteiger partial charge in [-0.2, -0.15) is 5.10 Å². The van der Waals surface area contributed by atoms with Crippen molar-refractivity contribution in [3.8, 4) is 0 Å². The van der Waals surface area contributed by atoms with E-state index in [2.05, 4.69) is 5.10 Å². The molecule has 0 saturated carbocycles. The van der Waals surface area contributed by atoms with E-state index in [9.17, 15) is 5.11 Å². The number of aromatic nitrogens is 2. The fourth-order valence-corrected chi connectivity index (χ4v) is 1.68. The summed E-state index contributed by atoms with van der Waals surface area (Å²) in [6, 6.07) is 11.8. The molecule has 1 atom stereocenters. The summed E-state index contributed by atoms with van der Waals surface area (Å²) in [5.41, 5.74) is 1.77. The van der Waals surface area contributed by atoms with Crippen molar-refractivity contribution in [2.75, 3.05) is 6.61 Å². The summed E-state index contributed by atoms with van der Waals surface area (Å²) < 4.78 is 1.78. The second kappa shape index (κ2) is 5.61. The monoisotopic (exact) mass is 232 g/mol. The van der Waals surface area contributed by atoms with Gasteiger partial charge in [-0.3, -0.25) is 4.68 Å². The van der Waals surface area contributed by atoms with Gasteiger partial charge in [-0.25, -0.2) is 0 Å². The Bertz CT molecular complexity index is 453. The molecule has 2 rings (SSSR count). The second-order valence-electron chi connectivity index (χ2n) is 3.95. The van der Waals surface area contributed by atoms with Crippen LogP contribution < -0.4 is 0 Å². The van der Waals surface area contributed by atoms with E-state index in [1.165, 1.54) is 5.56 Å². The molecule has 0 aliphatic heterocycles. The highest BCUT2D eigenvalue weighted by atomic mass is 16.3. The number of rotatable bonds is 5. The molecular weight excluding hydrogens is 216 g/mol. The van der Waals surface area contributed by atoms with Gasteiger partial charge in [0.15, 0.2) is 0 Å². The number of hydrogen-bond donors (Lipinski definition) is 2. The highest BCUT2D eigenvalue weighted by Gasteiger charge is 2.09. The summed E-state index contributed by atoms with van der Waals surface area (Å²) in [5.74, 6) is 0. The van der Waals surface area contributed by atoms with Crippen LogP contribution in [0.3, 0.4) is 0 Å². The van der Waals surface area contributed by atoms with Crippen molar-refractivity contribution in [1.82, 2.24) is 9.78 Å². The zero-order valence-corrected chi connectivity index (χ0v) is 9.53. The minimum atomic E-state index is -0.683. The third kappa shape index (κ3) is 3.15. The van der Waals surface area contributed by atoms with Gasteiger partial charge in [-0.15, -0.1) is 0 Å². The molecule has 0 aliphatic rings. The maximum atomic E-state index is 9.66. The molecular formula is C13H16N2O2. The van der Waals surface area contributed by atoms with E-state index in [4.69, 9.17) is 5.11 Å². The van der Waals surface area contributed by atoms with Gasteiger partial charge in [0.25, 0.3) is 0 Å². The van der Waals surface area contributed by atoms with Crippen LogP contribution in [0.15, 0.2) is 42.6 Å². The largest absolute Gasteiger partial charge is 0.396 e. The standard InChI is InChI=1S/C13H16N2O2/c16-9-7-13(17)12-6-8-15(14-12)10-11-4-2-1-3-5-11/h1-6,8,13,16-17H,7,9-10H2/t13-/m0/s1. The molecule has 1 aromatic carbocycles. The zero-order chi connectivity index (χ0) is 12.1. The molecule has 2 aromatic rings. The lowest BCUT2D eigenvalue weighted by molar-refractivity contribution is 0.130. The summed E-state index contributed by atoms with van der Waals surface area (Å²) in [5, 5.41) is 22.7. The molecule has 1 aromatic heterocycles. The van der Waals surface area contributed by atoms with Crippen LogP contribution >= 0.6 is 0 Å². The van der Waals surface area contributed by atoms with Crippen molar-refractivity contribution < 1.29 is 10.2 Å². The predicted octanol–water partition coefficient (Wildman–Crippen LogP) is 1.35. The Morgan fingerprint density at radius 3 is 2.65 bits per heavy atom. The van der Waals surface area contributed by atoms with E-state index in [0.717, 1.165) is 0 Å². The number of nitrogens with zero attached hydrogens (tertiary/aromatic N) is 2. The minimum absolute atomic E-state index is 0.0350. The third-order valence-electron chi connectivity index (χ3n) is 2.59. The number of aliphatic hydroxyl groups excluding tert-OH is 2. The van der Waals surface area contributed by atoms with Crippen LogP contribution in [-0.2, 0) is 6.54 Å². The van der Waals surface area contributed by atoms with Crippen molar-refractivity contribution in [3.05, 3.63) is 53.9 Å². The van der Waals surface area contributed by atoms with Gasteiger partial charge in [0.05, 0.1) is 18.3 Å². The SMILES string of the molecule is OCC[C@H](O)c1ccn(Cc2ccccc2)n1. The van der Waals surface area contributed by atoms with Crippen molar-refractivity contribution in [2.45, 2.75) is 19.1 Å². The topological polar surface area (TPSA) is 58.3 Å². The molecule has 0 bridgehead atoms. The van der Waals surface area contributed by atoms with Crippen LogP contribution in [-0.4, -0.2) is 26.6 Å². The molecule has 0 amide bonds. The number of hydrogen-bond acceptors (Lipinski definition) is 3. The average molecular weight is 232 g/mol. The van der Waals surface area contributed by atoms with Gasteiger partial charge < -0.3 is 10.2 Å². The maximum Gasteiger partial charge on any atom is 0.1000 e. The first-order valence-electron chi connectivity index (χ1n) is 5.66. The van der Waals surface area contributed by atoms with E-state index in [0.29, 0.717) is 18.7 Å². The number of aliphatic hydroxyl groups is 2. The van der Waals surface area contributed by atoms with Crippen LogP contribution in [0.1, 0.15) is 23.8 Å². The minimum Gasteiger partial charge on any atom is -0.396 e. The van der Waals surface area contributed by atoms with Crippen LogP contribution in [0, 0.1) is 0 Å². The van der Waals surface area contributed by atoms with E-state index >= 15 is 0 Å². The molecule has 90 valence electrons. The Kier molecular flexibility index (Phi) is 3.90. The van der Waals surface area contributed by atoms with E-state index in [-0.39, 0.29) is 6.61 Å². The average Bonchev–Trinajstić information content (AvgIpc) is 2.79. The van der Waals surface area contributed by atoms with Crippen molar-refractivity contribution in [2.24, 2.45) is 0 Å². The molecule has 4 heteroatoms. The lowest BCUT2D eigenvalue weighted by Crippen LogP contribution is -2.04. The summed E-state index contributed by atoms with van der Waals surface area (Å²) in [6.07, 6.45) is 1.47. The second-order valence-corrected chi connectivity index (χ2v) is 3.95. The first-order valence-corrected chi connectivity index (χ1v) is 5.66. The molecule has 0 fully saturated rings. The Labute approximate surface area is 100 Å². The molecule has 2 N–H and O–H groups in total. The van der Waals surface area contributed by atoms with Crippen molar-refractivity contribution in [1.29, 1.82) is 0 Å². The highest BCUT2D eigenvalue weighted by Crippen LogP contribution is 2.13. The molecule has 1 heterocycles. The smallest absolute Gasteiger partial charge is 0.1000 e. The summed E-state index contributed by atoms with van der Waals surface area (Å²) in [6.45, 7) is 0.652. The molecule has 0 saturated heterocycles. The van der Waals surface area contributed by atoms with Gasteiger partial charge in [-0.1, -0.05) is 30.3 Å².